The number of carbonyl (C=O) groups is 2. The maximum Gasteiger partial charge on any atom is 0.295 e. The van der Waals surface area contributed by atoms with E-state index in [1.165, 1.54) is 12.0 Å². The molecule has 0 spiro atoms. The normalized spacial score (nSPS) is 16.3. The highest BCUT2D eigenvalue weighted by atomic mass is 16.5. The summed E-state index contributed by atoms with van der Waals surface area (Å²) in [6.07, 6.45) is 0.529. The van der Waals surface area contributed by atoms with Gasteiger partial charge in [0.25, 0.3) is 11.7 Å². The zero-order chi connectivity index (χ0) is 28.6. The SMILES string of the molecule is CCOc1ccc(C2C(=C(O)c3ccc(OCc4ccccc4C)cc3)C(=O)C(=O)N2CCCOC)cc1OC. The van der Waals surface area contributed by atoms with Crippen molar-refractivity contribution in [2.75, 3.05) is 34.0 Å². The Morgan fingerprint density at radius 2 is 1.70 bits per heavy atom. The van der Waals surface area contributed by atoms with E-state index >= 15 is 0 Å². The minimum Gasteiger partial charge on any atom is -0.507 e. The Labute approximate surface area is 234 Å². The molecule has 0 aliphatic carbocycles. The lowest BCUT2D eigenvalue weighted by atomic mass is 9.95. The number of hydrogen-bond donors (Lipinski definition) is 1. The Hall–Kier alpha value is -4.30. The lowest BCUT2D eigenvalue weighted by Crippen LogP contribution is -2.31. The predicted molar refractivity (Wildman–Crippen MR) is 152 cm³/mol. The largest absolute Gasteiger partial charge is 0.507 e. The molecule has 0 bridgehead atoms. The summed E-state index contributed by atoms with van der Waals surface area (Å²) in [5.41, 5.74) is 3.26. The summed E-state index contributed by atoms with van der Waals surface area (Å²) in [5.74, 6) is -0.0341. The maximum absolute atomic E-state index is 13.3. The first-order valence-corrected chi connectivity index (χ1v) is 13.2. The van der Waals surface area contributed by atoms with Gasteiger partial charge < -0.3 is 29.0 Å². The first-order chi connectivity index (χ1) is 19.4. The van der Waals surface area contributed by atoms with Gasteiger partial charge in [-0.05, 0) is 73.4 Å². The molecule has 1 atom stereocenters. The zero-order valence-corrected chi connectivity index (χ0v) is 23.3. The molecule has 1 fully saturated rings. The Balaban J connectivity index is 1.68. The smallest absolute Gasteiger partial charge is 0.295 e. The number of aliphatic hydroxyl groups is 1. The molecule has 3 aromatic rings. The van der Waals surface area contributed by atoms with E-state index in [0.29, 0.717) is 54.6 Å². The average Bonchev–Trinajstić information content (AvgIpc) is 3.22. The van der Waals surface area contributed by atoms with Gasteiger partial charge in [-0.15, -0.1) is 0 Å². The molecule has 1 heterocycles. The highest BCUT2D eigenvalue weighted by molar-refractivity contribution is 6.46. The van der Waals surface area contributed by atoms with Crippen molar-refractivity contribution in [2.45, 2.75) is 32.9 Å². The van der Waals surface area contributed by atoms with Crippen LogP contribution in [-0.2, 0) is 20.9 Å². The third-order valence-corrected chi connectivity index (χ3v) is 6.87. The monoisotopic (exact) mass is 545 g/mol. The summed E-state index contributed by atoms with van der Waals surface area (Å²) < 4.78 is 22.2. The molecule has 1 amide bonds. The molecule has 1 unspecified atom stereocenters. The minimum atomic E-state index is -0.807. The number of Topliss-reactive ketones (excluding diaryl/α,β-unsaturated/α-hetero) is 1. The van der Waals surface area contributed by atoms with E-state index in [-0.39, 0.29) is 17.9 Å². The molecule has 8 nitrogen and oxygen atoms in total. The van der Waals surface area contributed by atoms with Crippen molar-refractivity contribution < 1.29 is 33.6 Å². The number of aliphatic hydroxyl groups excluding tert-OH is 1. The topological polar surface area (TPSA) is 94.5 Å². The number of nitrogens with zero attached hydrogens (tertiary/aromatic N) is 1. The molecule has 0 radical (unpaired) electrons. The molecule has 40 heavy (non-hydrogen) atoms. The molecule has 0 saturated carbocycles. The number of carbonyl (C=O) groups excluding carboxylic acids is 2. The summed E-state index contributed by atoms with van der Waals surface area (Å²) in [6.45, 7) is 5.46. The lowest BCUT2D eigenvalue weighted by Gasteiger charge is -2.26. The molecule has 1 saturated heterocycles. The van der Waals surface area contributed by atoms with Crippen molar-refractivity contribution in [2.24, 2.45) is 0 Å². The predicted octanol–water partition coefficient (Wildman–Crippen LogP) is 5.44. The molecular weight excluding hydrogens is 510 g/mol. The van der Waals surface area contributed by atoms with Crippen molar-refractivity contribution in [3.63, 3.8) is 0 Å². The van der Waals surface area contributed by atoms with Gasteiger partial charge in [0.1, 0.15) is 18.1 Å². The highest BCUT2D eigenvalue weighted by Crippen LogP contribution is 2.42. The van der Waals surface area contributed by atoms with Gasteiger partial charge in [0.2, 0.25) is 0 Å². The van der Waals surface area contributed by atoms with Gasteiger partial charge in [-0.3, -0.25) is 9.59 Å². The first kappa shape index (κ1) is 28.7. The van der Waals surface area contributed by atoms with Gasteiger partial charge >= 0.3 is 0 Å². The quantitative estimate of drug-likeness (QED) is 0.140. The van der Waals surface area contributed by atoms with Crippen molar-refractivity contribution in [3.8, 4) is 17.2 Å². The van der Waals surface area contributed by atoms with Crippen LogP contribution in [0.2, 0.25) is 0 Å². The van der Waals surface area contributed by atoms with Crippen LogP contribution in [0.15, 0.2) is 72.3 Å². The van der Waals surface area contributed by atoms with Crippen LogP contribution in [0.1, 0.15) is 41.6 Å². The fourth-order valence-corrected chi connectivity index (χ4v) is 4.76. The lowest BCUT2D eigenvalue weighted by molar-refractivity contribution is -0.140. The summed E-state index contributed by atoms with van der Waals surface area (Å²) in [5, 5.41) is 11.4. The van der Waals surface area contributed by atoms with E-state index in [0.717, 1.165) is 11.1 Å². The molecule has 8 heteroatoms. The van der Waals surface area contributed by atoms with E-state index in [2.05, 4.69) is 0 Å². The number of ether oxygens (including phenoxy) is 4. The van der Waals surface area contributed by atoms with Gasteiger partial charge in [0.15, 0.2) is 11.5 Å². The second kappa shape index (κ2) is 13.2. The fourth-order valence-electron chi connectivity index (χ4n) is 4.76. The number of benzene rings is 3. The number of hydrogen-bond acceptors (Lipinski definition) is 7. The van der Waals surface area contributed by atoms with Crippen molar-refractivity contribution in [1.29, 1.82) is 0 Å². The molecule has 0 aromatic heterocycles. The van der Waals surface area contributed by atoms with Crippen LogP contribution in [0.5, 0.6) is 17.2 Å². The maximum atomic E-state index is 13.3. The van der Waals surface area contributed by atoms with Crippen molar-refractivity contribution in [3.05, 3.63) is 94.6 Å². The fraction of sp³-hybridized carbons (Fsp3) is 0.312. The van der Waals surface area contributed by atoms with E-state index in [4.69, 9.17) is 18.9 Å². The molecule has 1 N–H and O–H groups in total. The van der Waals surface area contributed by atoms with E-state index in [9.17, 15) is 14.7 Å². The second-order valence-electron chi connectivity index (χ2n) is 9.42. The summed E-state index contributed by atoms with van der Waals surface area (Å²) in [4.78, 5) is 28.0. The third kappa shape index (κ3) is 6.13. The zero-order valence-electron chi connectivity index (χ0n) is 23.3. The van der Waals surface area contributed by atoms with Gasteiger partial charge in [-0.2, -0.15) is 0 Å². The first-order valence-electron chi connectivity index (χ1n) is 13.2. The Morgan fingerprint density at radius 1 is 0.950 bits per heavy atom. The summed E-state index contributed by atoms with van der Waals surface area (Å²) in [7, 11) is 3.11. The van der Waals surface area contributed by atoms with Crippen molar-refractivity contribution >= 4 is 17.4 Å². The average molecular weight is 546 g/mol. The Kier molecular flexibility index (Phi) is 9.45. The molecule has 3 aromatic carbocycles. The highest BCUT2D eigenvalue weighted by Gasteiger charge is 2.46. The van der Waals surface area contributed by atoms with E-state index < -0.39 is 17.7 Å². The van der Waals surface area contributed by atoms with Gasteiger partial charge in [0.05, 0.1) is 25.3 Å². The Bertz CT molecular complexity index is 1380. The van der Waals surface area contributed by atoms with Crippen LogP contribution < -0.4 is 14.2 Å². The van der Waals surface area contributed by atoms with Crippen molar-refractivity contribution in [1.82, 2.24) is 4.90 Å². The van der Waals surface area contributed by atoms with E-state index in [1.54, 1.807) is 49.6 Å². The number of rotatable bonds is 12. The number of amides is 1. The number of ketones is 1. The van der Waals surface area contributed by atoms with E-state index in [1.807, 2.05) is 38.1 Å². The molecular formula is C32H35NO7. The standard InChI is InChI=1S/C32H35NO7/c1-5-39-26-16-13-23(19-27(26)38-4)29-28(31(35)32(36)33(29)17-8-18-37-3)30(34)22-11-14-25(15-12-22)40-20-24-10-7-6-9-21(24)2/h6-7,9-16,19,29,34H,5,8,17-18,20H2,1-4H3. The third-order valence-electron chi connectivity index (χ3n) is 6.87. The molecule has 210 valence electrons. The molecule has 1 aliphatic rings. The molecule has 1 aliphatic heterocycles. The van der Waals surface area contributed by atoms with Crippen LogP contribution in [0.4, 0.5) is 0 Å². The number of methoxy groups -OCH3 is 2. The number of aryl methyl sites for hydroxylation is 1. The number of likely N-dealkylation sites (tertiary alicyclic amines) is 1. The second-order valence-corrected chi connectivity index (χ2v) is 9.42. The van der Waals surface area contributed by atoms with Crippen LogP contribution >= 0.6 is 0 Å². The Morgan fingerprint density at radius 3 is 2.38 bits per heavy atom. The summed E-state index contributed by atoms with van der Waals surface area (Å²) >= 11 is 0. The van der Waals surface area contributed by atoms with Crippen LogP contribution in [-0.4, -0.2) is 55.7 Å². The van der Waals surface area contributed by atoms with Crippen LogP contribution in [0, 0.1) is 6.92 Å². The van der Waals surface area contributed by atoms with Crippen LogP contribution in [0.3, 0.4) is 0 Å². The summed E-state index contributed by atoms with van der Waals surface area (Å²) in [6, 6.07) is 19.3. The van der Waals surface area contributed by atoms with Gasteiger partial charge in [-0.25, -0.2) is 0 Å². The van der Waals surface area contributed by atoms with Gasteiger partial charge in [0, 0.05) is 25.8 Å². The minimum absolute atomic E-state index is 0.0159. The van der Waals surface area contributed by atoms with Gasteiger partial charge in [-0.1, -0.05) is 30.3 Å². The molecule has 4 rings (SSSR count). The van der Waals surface area contributed by atoms with Crippen LogP contribution in [0.25, 0.3) is 5.76 Å².